The summed E-state index contributed by atoms with van der Waals surface area (Å²) in [5, 5.41) is 11.6. The minimum Gasteiger partial charge on any atom is -0.461 e. The zero-order chi connectivity index (χ0) is 22.6. The van der Waals surface area contributed by atoms with Gasteiger partial charge in [0.2, 0.25) is 0 Å². The van der Waals surface area contributed by atoms with Crippen LogP contribution in [0.25, 0.3) is 0 Å². The van der Waals surface area contributed by atoms with Crippen LogP contribution >= 0.6 is 22.6 Å². The van der Waals surface area contributed by atoms with E-state index in [1.54, 1.807) is 22.6 Å². The Bertz CT molecular complexity index is 566. The summed E-state index contributed by atoms with van der Waals surface area (Å²) < 4.78 is 54.0. The van der Waals surface area contributed by atoms with Gasteiger partial charge in [0.1, 0.15) is 12.5 Å². The van der Waals surface area contributed by atoms with Gasteiger partial charge in [-0.1, -0.05) is 22.6 Å². The third-order valence-electron chi connectivity index (χ3n) is 4.79. The van der Waals surface area contributed by atoms with E-state index in [1.165, 1.54) is 5.06 Å². The van der Waals surface area contributed by atoms with Crippen molar-refractivity contribution in [1.29, 1.82) is 0 Å². The lowest BCUT2D eigenvalue weighted by molar-refractivity contribution is -0.263. The summed E-state index contributed by atoms with van der Waals surface area (Å²) in [6, 6.07) is 0. The standard InChI is InChI=1S/C18H29F3INO6/c1-11(18(19,20)21)15(25)29-13(10-28-14(24)8-22)9-27-12-6-16(2,3)23(26)17(4,5)7-12/h11-13,26H,6-10H2,1-5H3. The molecular weight excluding hydrogens is 510 g/mol. The quantitative estimate of drug-likeness (QED) is 0.287. The Hall–Kier alpha value is -0.660. The number of hydrogen-bond acceptors (Lipinski definition) is 7. The highest BCUT2D eigenvalue weighted by molar-refractivity contribution is 14.1. The molecule has 0 aromatic carbocycles. The molecule has 1 fully saturated rings. The molecule has 1 aliphatic heterocycles. The van der Waals surface area contributed by atoms with E-state index in [0.29, 0.717) is 19.8 Å². The molecule has 0 spiro atoms. The minimum atomic E-state index is -4.73. The largest absolute Gasteiger partial charge is 0.461 e. The number of ether oxygens (including phenoxy) is 3. The van der Waals surface area contributed by atoms with Crippen LogP contribution in [0.4, 0.5) is 13.2 Å². The van der Waals surface area contributed by atoms with Crippen molar-refractivity contribution in [3.05, 3.63) is 0 Å². The van der Waals surface area contributed by atoms with E-state index >= 15 is 0 Å². The van der Waals surface area contributed by atoms with Gasteiger partial charge < -0.3 is 19.4 Å². The molecular formula is C18H29F3INO6. The summed E-state index contributed by atoms with van der Waals surface area (Å²) in [6.45, 7) is 7.45. The molecule has 1 aliphatic rings. The average molecular weight is 539 g/mol. The fourth-order valence-corrected chi connectivity index (χ4v) is 3.50. The van der Waals surface area contributed by atoms with E-state index in [0.717, 1.165) is 0 Å². The highest BCUT2D eigenvalue weighted by atomic mass is 127. The number of alkyl halides is 4. The summed E-state index contributed by atoms with van der Waals surface area (Å²) >= 11 is 1.78. The van der Waals surface area contributed by atoms with Crippen molar-refractivity contribution in [2.45, 2.75) is 76.9 Å². The summed E-state index contributed by atoms with van der Waals surface area (Å²) in [5.74, 6) is -4.34. The van der Waals surface area contributed by atoms with Gasteiger partial charge in [0.15, 0.2) is 6.10 Å². The van der Waals surface area contributed by atoms with Crippen molar-refractivity contribution in [3.63, 3.8) is 0 Å². The van der Waals surface area contributed by atoms with Gasteiger partial charge in [-0.15, -0.1) is 0 Å². The smallest absolute Gasteiger partial charge is 0.401 e. The monoisotopic (exact) mass is 539 g/mol. The molecule has 0 aliphatic carbocycles. The number of nitrogens with zero attached hydrogens (tertiary/aromatic N) is 1. The van der Waals surface area contributed by atoms with Gasteiger partial charge in [0.25, 0.3) is 0 Å². The zero-order valence-electron chi connectivity index (χ0n) is 17.2. The molecule has 0 aromatic rings. The first-order valence-corrected chi connectivity index (χ1v) is 10.7. The highest BCUT2D eigenvalue weighted by Crippen LogP contribution is 2.38. The second-order valence-corrected chi connectivity index (χ2v) is 9.20. The number of hydrogen-bond donors (Lipinski definition) is 1. The van der Waals surface area contributed by atoms with E-state index in [4.69, 9.17) is 14.2 Å². The van der Waals surface area contributed by atoms with Gasteiger partial charge in [0.05, 0.1) is 17.1 Å². The van der Waals surface area contributed by atoms with Crippen LogP contribution in [0.2, 0.25) is 0 Å². The van der Waals surface area contributed by atoms with Crippen LogP contribution in [0.15, 0.2) is 0 Å². The number of carbonyl (C=O) groups is 2. The number of piperidine rings is 1. The van der Waals surface area contributed by atoms with Crippen LogP contribution < -0.4 is 0 Å². The number of rotatable bonds is 8. The minimum absolute atomic E-state index is 0.0512. The Morgan fingerprint density at radius 1 is 1.17 bits per heavy atom. The maximum atomic E-state index is 12.8. The number of halogens is 4. The van der Waals surface area contributed by atoms with Crippen LogP contribution in [0.3, 0.4) is 0 Å². The molecule has 29 heavy (non-hydrogen) atoms. The van der Waals surface area contributed by atoms with E-state index in [2.05, 4.69) is 0 Å². The number of carbonyl (C=O) groups excluding carboxylic acids is 2. The maximum absolute atomic E-state index is 12.8. The molecule has 1 saturated heterocycles. The van der Waals surface area contributed by atoms with Crippen molar-refractivity contribution in [2.75, 3.05) is 17.6 Å². The van der Waals surface area contributed by atoms with Crippen LogP contribution in [-0.2, 0) is 23.8 Å². The van der Waals surface area contributed by atoms with Gasteiger partial charge in [-0.25, -0.2) is 0 Å². The molecule has 0 amide bonds. The Morgan fingerprint density at radius 2 is 1.69 bits per heavy atom. The van der Waals surface area contributed by atoms with Crippen LogP contribution in [0.5, 0.6) is 0 Å². The van der Waals surface area contributed by atoms with E-state index in [-0.39, 0.29) is 17.1 Å². The molecule has 170 valence electrons. The molecule has 1 rings (SSSR count). The maximum Gasteiger partial charge on any atom is 0.401 e. The Balaban J connectivity index is 2.79. The van der Waals surface area contributed by atoms with Crippen molar-refractivity contribution < 1.29 is 42.2 Å². The predicted molar refractivity (Wildman–Crippen MR) is 106 cm³/mol. The SMILES string of the molecule is CC(C(=O)OC(COC(=O)CI)COC1CC(C)(C)N(O)C(C)(C)C1)C(F)(F)F. The van der Waals surface area contributed by atoms with Gasteiger partial charge in [0, 0.05) is 11.1 Å². The van der Waals surface area contributed by atoms with E-state index < -0.39 is 47.8 Å². The normalized spacial score (nSPS) is 22.0. The summed E-state index contributed by atoms with van der Waals surface area (Å²) in [7, 11) is 0. The topological polar surface area (TPSA) is 85.3 Å². The lowest BCUT2D eigenvalue weighted by Gasteiger charge is -2.51. The molecule has 0 radical (unpaired) electrons. The molecule has 11 heteroatoms. The van der Waals surface area contributed by atoms with Crippen molar-refractivity contribution in [2.24, 2.45) is 5.92 Å². The van der Waals surface area contributed by atoms with Gasteiger partial charge in [-0.05, 0) is 47.5 Å². The van der Waals surface area contributed by atoms with E-state index in [1.807, 2.05) is 27.7 Å². The van der Waals surface area contributed by atoms with Crippen LogP contribution in [-0.4, -0.2) is 69.3 Å². The second-order valence-electron chi connectivity index (χ2n) is 8.44. The summed E-state index contributed by atoms with van der Waals surface area (Å²) in [6.07, 6.45) is -5.31. The molecule has 1 N–H and O–H groups in total. The third kappa shape index (κ3) is 7.83. The highest BCUT2D eigenvalue weighted by Gasteiger charge is 2.46. The molecule has 2 atom stereocenters. The van der Waals surface area contributed by atoms with Crippen LogP contribution in [0.1, 0.15) is 47.5 Å². The molecule has 0 aromatic heterocycles. The van der Waals surface area contributed by atoms with Crippen molar-refractivity contribution in [1.82, 2.24) is 5.06 Å². The first-order chi connectivity index (χ1) is 13.1. The number of esters is 2. The first-order valence-electron chi connectivity index (χ1n) is 9.20. The molecule has 0 bridgehead atoms. The molecule has 0 saturated carbocycles. The Kier molecular flexibility index (Phi) is 9.18. The average Bonchev–Trinajstić information content (AvgIpc) is 2.59. The fourth-order valence-electron chi connectivity index (χ4n) is 3.28. The van der Waals surface area contributed by atoms with Crippen LogP contribution in [0, 0.1) is 5.92 Å². The second kappa shape index (κ2) is 10.1. The van der Waals surface area contributed by atoms with Crippen molar-refractivity contribution in [3.8, 4) is 0 Å². The van der Waals surface area contributed by atoms with E-state index in [9.17, 15) is 28.0 Å². The molecule has 1 heterocycles. The fraction of sp³-hybridized carbons (Fsp3) is 0.889. The third-order valence-corrected chi connectivity index (χ3v) is 5.41. The van der Waals surface area contributed by atoms with Gasteiger partial charge >= 0.3 is 18.1 Å². The summed E-state index contributed by atoms with van der Waals surface area (Å²) in [5.41, 5.74) is -1.17. The molecule has 7 nitrogen and oxygen atoms in total. The first kappa shape index (κ1) is 26.4. The van der Waals surface area contributed by atoms with Gasteiger partial charge in [-0.2, -0.15) is 18.2 Å². The summed E-state index contributed by atoms with van der Waals surface area (Å²) in [4.78, 5) is 23.2. The van der Waals surface area contributed by atoms with Crippen molar-refractivity contribution >= 4 is 34.5 Å². The lowest BCUT2D eigenvalue weighted by atomic mass is 9.80. The molecule has 2 unspecified atom stereocenters. The Labute approximate surface area is 182 Å². The predicted octanol–water partition coefficient (Wildman–Crippen LogP) is 3.50. The van der Waals surface area contributed by atoms with Gasteiger partial charge in [-0.3, -0.25) is 9.59 Å². The lowest BCUT2D eigenvalue weighted by Crippen LogP contribution is -2.60. The Morgan fingerprint density at radius 3 is 2.14 bits per heavy atom. The zero-order valence-corrected chi connectivity index (χ0v) is 19.4. The number of hydroxylamine groups is 2.